The summed E-state index contributed by atoms with van der Waals surface area (Å²) in [5.41, 5.74) is 5.73. The second-order valence-electron chi connectivity index (χ2n) is 4.62. The fourth-order valence-corrected chi connectivity index (χ4v) is 4.29. The first kappa shape index (κ1) is 12.6. The van der Waals surface area contributed by atoms with E-state index in [0.29, 0.717) is 13.1 Å². The van der Waals surface area contributed by atoms with Crippen LogP contribution in [0.1, 0.15) is 4.88 Å². The fraction of sp³-hybridized carbons (Fsp3) is 0.455. The molecule has 0 bridgehead atoms. The molecule has 0 atom stereocenters. The van der Waals surface area contributed by atoms with Crippen molar-refractivity contribution in [2.24, 2.45) is 0 Å². The molecule has 0 saturated carbocycles. The number of rotatable bonds is 1. The van der Waals surface area contributed by atoms with Crippen LogP contribution in [0.25, 0.3) is 10.2 Å². The van der Waals surface area contributed by atoms with Crippen molar-refractivity contribution in [3.63, 3.8) is 0 Å². The van der Waals surface area contributed by atoms with Crippen molar-refractivity contribution in [2.45, 2.75) is 6.92 Å². The topological polar surface area (TPSA) is 89.2 Å². The Kier molecular flexibility index (Phi) is 2.86. The van der Waals surface area contributed by atoms with E-state index in [-0.39, 0.29) is 17.5 Å². The second-order valence-corrected chi connectivity index (χ2v) is 8.16. The van der Waals surface area contributed by atoms with E-state index in [0.717, 1.165) is 20.9 Å². The summed E-state index contributed by atoms with van der Waals surface area (Å²) in [5, 5.41) is 0.955. The molecule has 2 N–H and O–H groups in total. The molecule has 2 aromatic rings. The molecule has 2 aromatic heterocycles. The van der Waals surface area contributed by atoms with Gasteiger partial charge in [-0.15, -0.1) is 11.3 Å². The number of hydrogen-bond acceptors (Lipinski definition) is 7. The van der Waals surface area contributed by atoms with Crippen molar-refractivity contribution in [1.29, 1.82) is 0 Å². The summed E-state index contributed by atoms with van der Waals surface area (Å²) in [6.07, 6.45) is 0. The Hall–Kier alpha value is -1.41. The lowest BCUT2D eigenvalue weighted by atomic mass is 10.3. The molecule has 3 heterocycles. The third-order valence-electron chi connectivity index (χ3n) is 3.16. The molecule has 8 heteroatoms. The predicted octanol–water partition coefficient (Wildman–Crippen LogP) is 0.817. The number of anilines is 2. The van der Waals surface area contributed by atoms with Crippen LogP contribution >= 0.6 is 11.3 Å². The van der Waals surface area contributed by atoms with Gasteiger partial charge in [0, 0.05) is 18.0 Å². The first-order valence-corrected chi connectivity index (χ1v) is 8.57. The number of fused-ring (bicyclic) bond motifs is 1. The quantitative estimate of drug-likeness (QED) is 0.838. The molecule has 3 rings (SSSR count). The highest BCUT2D eigenvalue weighted by atomic mass is 32.2. The van der Waals surface area contributed by atoms with Crippen LogP contribution in [0.4, 0.5) is 11.8 Å². The first-order valence-electron chi connectivity index (χ1n) is 5.94. The van der Waals surface area contributed by atoms with E-state index in [1.165, 1.54) is 0 Å². The number of sulfone groups is 1. The molecule has 0 aromatic carbocycles. The maximum atomic E-state index is 11.5. The smallest absolute Gasteiger partial charge is 0.223 e. The van der Waals surface area contributed by atoms with Gasteiger partial charge >= 0.3 is 0 Å². The Balaban J connectivity index is 2.05. The monoisotopic (exact) mass is 298 g/mol. The van der Waals surface area contributed by atoms with Crippen molar-refractivity contribution in [1.82, 2.24) is 9.97 Å². The molecule has 0 aliphatic carbocycles. The number of aromatic nitrogens is 2. The van der Waals surface area contributed by atoms with Gasteiger partial charge in [-0.3, -0.25) is 0 Å². The summed E-state index contributed by atoms with van der Waals surface area (Å²) < 4.78 is 23.0. The van der Waals surface area contributed by atoms with Crippen molar-refractivity contribution in [2.75, 3.05) is 35.2 Å². The zero-order chi connectivity index (χ0) is 13.6. The standard InChI is InChI=1S/C11H14N4O2S2/c1-7-6-8-9(13-11(12)14-10(8)18-7)15-2-4-19(16,17)5-3-15/h6H,2-5H2,1H3,(H2,12,13,14). The van der Waals surface area contributed by atoms with E-state index < -0.39 is 9.84 Å². The third kappa shape index (κ3) is 2.37. The third-order valence-corrected chi connectivity index (χ3v) is 5.71. The fourth-order valence-electron chi connectivity index (χ4n) is 2.21. The lowest BCUT2D eigenvalue weighted by molar-refractivity contribution is 0.586. The maximum Gasteiger partial charge on any atom is 0.223 e. The highest BCUT2D eigenvalue weighted by Gasteiger charge is 2.24. The second kappa shape index (κ2) is 4.31. The van der Waals surface area contributed by atoms with Crippen LogP contribution in [0.3, 0.4) is 0 Å². The van der Waals surface area contributed by atoms with E-state index >= 15 is 0 Å². The zero-order valence-electron chi connectivity index (χ0n) is 10.5. The number of nitrogens with two attached hydrogens (primary N) is 1. The van der Waals surface area contributed by atoms with Gasteiger partial charge in [0.15, 0.2) is 9.84 Å². The SMILES string of the molecule is Cc1cc2c(N3CCS(=O)(=O)CC3)nc(N)nc2s1. The summed E-state index contributed by atoms with van der Waals surface area (Å²) in [6, 6.07) is 2.03. The van der Waals surface area contributed by atoms with Crippen molar-refractivity contribution >= 4 is 43.2 Å². The molecule has 1 fully saturated rings. The van der Waals surface area contributed by atoms with Gasteiger partial charge in [0.1, 0.15) is 10.6 Å². The van der Waals surface area contributed by atoms with Gasteiger partial charge in [-0.1, -0.05) is 0 Å². The van der Waals surface area contributed by atoms with Crippen molar-refractivity contribution in [3.05, 3.63) is 10.9 Å². The van der Waals surface area contributed by atoms with Crippen LogP contribution in [0.15, 0.2) is 6.07 Å². The minimum Gasteiger partial charge on any atom is -0.368 e. The molecule has 19 heavy (non-hydrogen) atoms. The highest BCUT2D eigenvalue weighted by Crippen LogP contribution is 2.31. The summed E-state index contributed by atoms with van der Waals surface area (Å²) in [5.74, 6) is 1.32. The number of nitrogen functional groups attached to an aromatic ring is 1. The average Bonchev–Trinajstić information content (AvgIpc) is 2.68. The van der Waals surface area contributed by atoms with Crippen LogP contribution in [-0.2, 0) is 9.84 Å². The van der Waals surface area contributed by atoms with Crippen LogP contribution in [0.2, 0.25) is 0 Å². The Morgan fingerprint density at radius 1 is 1.32 bits per heavy atom. The minimum atomic E-state index is -2.90. The van der Waals surface area contributed by atoms with E-state index in [1.807, 2.05) is 17.9 Å². The largest absolute Gasteiger partial charge is 0.368 e. The molecule has 0 unspecified atom stereocenters. The Morgan fingerprint density at radius 3 is 2.68 bits per heavy atom. The molecule has 102 valence electrons. The number of nitrogens with zero attached hydrogens (tertiary/aromatic N) is 3. The van der Waals surface area contributed by atoms with E-state index in [2.05, 4.69) is 9.97 Å². The minimum absolute atomic E-state index is 0.168. The zero-order valence-corrected chi connectivity index (χ0v) is 12.1. The van der Waals surface area contributed by atoms with Gasteiger partial charge in [-0.05, 0) is 13.0 Å². The molecular formula is C11H14N4O2S2. The molecule has 1 aliphatic rings. The van der Waals surface area contributed by atoms with E-state index in [1.54, 1.807) is 11.3 Å². The normalized spacial score (nSPS) is 18.9. The lowest BCUT2D eigenvalue weighted by Crippen LogP contribution is -2.40. The number of hydrogen-bond donors (Lipinski definition) is 1. The maximum absolute atomic E-state index is 11.5. The van der Waals surface area contributed by atoms with Crippen LogP contribution in [0.5, 0.6) is 0 Å². The van der Waals surface area contributed by atoms with Crippen LogP contribution in [-0.4, -0.2) is 43.0 Å². The van der Waals surface area contributed by atoms with Gasteiger partial charge in [0.25, 0.3) is 0 Å². The Bertz CT molecular complexity index is 724. The summed E-state index contributed by atoms with van der Waals surface area (Å²) in [7, 11) is -2.90. The lowest BCUT2D eigenvalue weighted by Gasteiger charge is -2.28. The van der Waals surface area contributed by atoms with Crippen LogP contribution < -0.4 is 10.6 Å². The van der Waals surface area contributed by atoms with Crippen molar-refractivity contribution < 1.29 is 8.42 Å². The molecular weight excluding hydrogens is 284 g/mol. The van der Waals surface area contributed by atoms with Gasteiger partial charge in [0.2, 0.25) is 5.95 Å². The number of aryl methyl sites for hydroxylation is 1. The van der Waals surface area contributed by atoms with Gasteiger partial charge in [-0.25, -0.2) is 13.4 Å². The summed E-state index contributed by atoms with van der Waals surface area (Å²) in [6.45, 7) is 2.93. The molecule has 0 amide bonds. The molecule has 6 nitrogen and oxygen atoms in total. The molecule has 1 saturated heterocycles. The van der Waals surface area contributed by atoms with Crippen molar-refractivity contribution in [3.8, 4) is 0 Å². The van der Waals surface area contributed by atoms with E-state index in [4.69, 9.17) is 5.73 Å². The molecule has 0 spiro atoms. The molecule has 1 aliphatic heterocycles. The average molecular weight is 298 g/mol. The summed E-state index contributed by atoms with van der Waals surface area (Å²) >= 11 is 1.57. The Labute approximate surface area is 115 Å². The predicted molar refractivity (Wildman–Crippen MR) is 77.4 cm³/mol. The summed E-state index contributed by atoms with van der Waals surface area (Å²) in [4.78, 5) is 12.5. The van der Waals surface area contributed by atoms with Gasteiger partial charge < -0.3 is 10.6 Å². The van der Waals surface area contributed by atoms with Crippen LogP contribution in [0, 0.1) is 6.92 Å². The Morgan fingerprint density at radius 2 is 2.00 bits per heavy atom. The first-order chi connectivity index (χ1) is 8.94. The van der Waals surface area contributed by atoms with E-state index in [9.17, 15) is 8.42 Å². The molecule has 0 radical (unpaired) electrons. The van der Waals surface area contributed by atoms with Gasteiger partial charge in [-0.2, -0.15) is 4.98 Å². The number of thiophene rings is 1. The highest BCUT2D eigenvalue weighted by molar-refractivity contribution is 7.91. The van der Waals surface area contributed by atoms with Gasteiger partial charge in [0.05, 0.1) is 16.9 Å².